The van der Waals surface area contributed by atoms with Gasteiger partial charge >= 0.3 is 6.36 Å². The summed E-state index contributed by atoms with van der Waals surface area (Å²) in [4.78, 5) is 0. The molecule has 0 spiro atoms. The molecule has 0 aliphatic carbocycles. The average molecular weight is 478 g/mol. The van der Waals surface area contributed by atoms with Crippen LogP contribution < -0.4 is 4.74 Å². The van der Waals surface area contributed by atoms with Gasteiger partial charge in [0, 0.05) is 10.9 Å². The van der Waals surface area contributed by atoms with E-state index in [9.17, 15) is 17.6 Å². The minimum atomic E-state index is -5.00. The number of hydrogen-bond acceptors (Lipinski definition) is 1. The van der Waals surface area contributed by atoms with Crippen molar-refractivity contribution in [3.05, 3.63) is 114 Å². The summed E-state index contributed by atoms with van der Waals surface area (Å²) in [5.74, 6) is 2.51. The molecule has 1 nitrogen and oxygen atoms in total. The van der Waals surface area contributed by atoms with Gasteiger partial charge in [-0.05, 0) is 65.3 Å². The first-order chi connectivity index (χ1) is 16.7. The minimum Gasteiger partial charge on any atom is -0.403 e. The van der Waals surface area contributed by atoms with Crippen molar-refractivity contribution in [3.8, 4) is 28.7 Å². The lowest BCUT2D eigenvalue weighted by molar-refractivity contribution is -0.275. The fraction of sp³-hybridized carbons (Fsp3) is 0.103. The predicted octanol–water partition coefficient (Wildman–Crippen LogP) is 8.20. The van der Waals surface area contributed by atoms with Crippen molar-refractivity contribution in [1.29, 1.82) is 0 Å². The molecule has 0 unspecified atom stereocenters. The molecule has 4 rings (SSSR count). The van der Waals surface area contributed by atoms with Gasteiger partial charge in [-0.25, -0.2) is 8.78 Å². The van der Waals surface area contributed by atoms with Crippen molar-refractivity contribution < 1.29 is 26.7 Å². The highest BCUT2D eigenvalue weighted by atomic mass is 19.4. The molecule has 0 amide bonds. The Morgan fingerprint density at radius 2 is 1.57 bits per heavy atom. The lowest BCUT2D eigenvalue weighted by Gasteiger charge is -2.09. The Morgan fingerprint density at radius 3 is 2.26 bits per heavy atom. The van der Waals surface area contributed by atoms with E-state index in [-0.39, 0.29) is 11.1 Å². The number of rotatable bonds is 5. The molecule has 176 valence electrons. The highest BCUT2D eigenvalue weighted by Gasteiger charge is 2.32. The third kappa shape index (κ3) is 5.88. The van der Waals surface area contributed by atoms with E-state index >= 15 is 4.39 Å². The summed E-state index contributed by atoms with van der Waals surface area (Å²) < 4.78 is 69.4. The smallest absolute Gasteiger partial charge is 0.403 e. The molecule has 4 aromatic rings. The molecule has 0 saturated carbocycles. The number of ether oxygens (including phenoxy) is 1. The number of fused-ring (bicyclic) bond motifs is 1. The summed E-state index contributed by atoms with van der Waals surface area (Å²) in [5.41, 5.74) is 3.35. The number of aryl methyl sites for hydroxylation is 1. The first-order valence-corrected chi connectivity index (χ1v) is 10.7. The van der Waals surface area contributed by atoms with Crippen LogP contribution in [0.3, 0.4) is 0 Å². The van der Waals surface area contributed by atoms with Gasteiger partial charge in [0.2, 0.25) is 0 Å². The maximum Gasteiger partial charge on any atom is 0.573 e. The van der Waals surface area contributed by atoms with E-state index in [0.717, 1.165) is 36.1 Å². The van der Waals surface area contributed by atoms with Gasteiger partial charge in [-0.15, -0.1) is 19.8 Å². The van der Waals surface area contributed by atoms with Crippen LogP contribution in [0, 0.1) is 23.5 Å². The van der Waals surface area contributed by atoms with Gasteiger partial charge in [0.25, 0.3) is 0 Å². The summed E-state index contributed by atoms with van der Waals surface area (Å²) in [6, 6.07) is 19.7. The highest BCUT2D eigenvalue weighted by molar-refractivity contribution is 5.89. The van der Waals surface area contributed by atoms with Gasteiger partial charge in [-0.1, -0.05) is 60.4 Å². The van der Waals surface area contributed by atoms with Crippen LogP contribution in [-0.2, 0) is 6.42 Å². The first-order valence-electron chi connectivity index (χ1n) is 10.7. The summed E-state index contributed by atoms with van der Waals surface area (Å²) in [6.45, 7) is 3.73. The van der Waals surface area contributed by atoms with Crippen molar-refractivity contribution in [2.75, 3.05) is 0 Å². The molecule has 0 aliphatic heterocycles. The Balaban J connectivity index is 1.58. The van der Waals surface area contributed by atoms with Crippen LogP contribution in [-0.4, -0.2) is 6.36 Å². The quantitative estimate of drug-likeness (QED) is 0.160. The lowest BCUT2D eigenvalue weighted by Crippen LogP contribution is -2.17. The number of alkyl halides is 3. The summed E-state index contributed by atoms with van der Waals surface area (Å²) in [7, 11) is 0. The van der Waals surface area contributed by atoms with Gasteiger partial charge < -0.3 is 4.74 Å². The standard InChI is InChI=1S/C29H19F5O/c1-2-3-4-19-5-9-21(10-6-19)23-14-15-25-24(18-23)13-12-22(28(25)31)11-7-20-8-16-27(26(30)17-20)35-29(32,33)34/h2,5-6,8-10,12-18H,1,3-4H2. The second kappa shape index (κ2) is 10.0. The SMILES string of the molecule is C=CCCc1ccc(-c2ccc3c(F)c(C#Cc4ccc(OC(F)(F)F)c(F)c4)ccc3c2)cc1. The summed E-state index contributed by atoms with van der Waals surface area (Å²) >= 11 is 0. The van der Waals surface area contributed by atoms with Crippen LogP contribution in [0.5, 0.6) is 5.75 Å². The normalized spacial score (nSPS) is 11.1. The number of halogens is 5. The molecule has 0 aliphatic rings. The molecular weight excluding hydrogens is 459 g/mol. The van der Waals surface area contributed by atoms with Crippen LogP contribution in [0.4, 0.5) is 22.0 Å². The third-order valence-corrected chi connectivity index (χ3v) is 5.38. The lowest BCUT2D eigenvalue weighted by atomic mass is 9.98. The molecule has 0 aromatic heterocycles. The highest BCUT2D eigenvalue weighted by Crippen LogP contribution is 2.28. The van der Waals surface area contributed by atoms with E-state index in [1.165, 1.54) is 17.7 Å². The van der Waals surface area contributed by atoms with Crippen LogP contribution in [0.1, 0.15) is 23.1 Å². The fourth-order valence-electron chi connectivity index (χ4n) is 3.63. The van der Waals surface area contributed by atoms with Crippen molar-refractivity contribution in [3.63, 3.8) is 0 Å². The maximum absolute atomic E-state index is 15.1. The fourth-order valence-corrected chi connectivity index (χ4v) is 3.63. The average Bonchev–Trinajstić information content (AvgIpc) is 2.83. The Labute approximate surface area is 199 Å². The zero-order valence-corrected chi connectivity index (χ0v) is 18.4. The largest absolute Gasteiger partial charge is 0.573 e. The van der Waals surface area contributed by atoms with Gasteiger partial charge in [0.15, 0.2) is 11.6 Å². The molecule has 4 aromatic carbocycles. The van der Waals surface area contributed by atoms with Gasteiger partial charge in [-0.2, -0.15) is 0 Å². The van der Waals surface area contributed by atoms with Gasteiger partial charge in [0.05, 0.1) is 5.56 Å². The molecule has 0 radical (unpaired) electrons. The number of allylic oxidation sites excluding steroid dienone is 1. The van der Waals surface area contributed by atoms with E-state index in [1.54, 1.807) is 12.1 Å². The minimum absolute atomic E-state index is 0.0865. The third-order valence-electron chi connectivity index (χ3n) is 5.38. The van der Waals surface area contributed by atoms with Crippen molar-refractivity contribution in [1.82, 2.24) is 0 Å². The van der Waals surface area contributed by atoms with Crippen molar-refractivity contribution in [2.45, 2.75) is 19.2 Å². The Bertz CT molecular complexity index is 1440. The van der Waals surface area contributed by atoms with Crippen LogP contribution in [0.2, 0.25) is 0 Å². The van der Waals surface area contributed by atoms with Crippen molar-refractivity contribution >= 4 is 10.8 Å². The summed E-state index contributed by atoms with van der Waals surface area (Å²) in [5, 5.41) is 1.07. The Morgan fingerprint density at radius 1 is 0.829 bits per heavy atom. The molecule has 6 heteroatoms. The second-order valence-electron chi connectivity index (χ2n) is 7.83. The van der Waals surface area contributed by atoms with Gasteiger partial charge in [-0.3, -0.25) is 0 Å². The maximum atomic E-state index is 15.1. The summed E-state index contributed by atoms with van der Waals surface area (Å²) in [6.07, 6.45) is -1.29. The van der Waals surface area contributed by atoms with Crippen molar-refractivity contribution in [2.24, 2.45) is 0 Å². The Hall–Kier alpha value is -4.11. The molecule has 0 saturated heterocycles. The molecule has 35 heavy (non-hydrogen) atoms. The Kier molecular flexibility index (Phi) is 6.88. The number of benzene rings is 4. The molecule has 0 N–H and O–H groups in total. The van der Waals surface area contributed by atoms with E-state index < -0.39 is 23.7 Å². The van der Waals surface area contributed by atoms with Crippen LogP contribution >= 0.6 is 0 Å². The molecule has 0 atom stereocenters. The van der Waals surface area contributed by atoms with E-state index in [2.05, 4.69) is 35.3 Å². The molecule has 0 fully saturated rings. The monoisotopic (exact) mass is 478 g/mol. The zero-order valence-electron chi connectivity index (χ0n) is 18.4. The predicted molar refractivity (Wildman–Crippen MR) is 127 cm³/mol. The molecular formula is C29H19F5O. The van der Waals surface area contributed by atoms with Crippen LogP contribution in [0.25, 0.3) is 21.9 Å². The molecule has 0 heterocycles. The van der Waals surface area contributed by atoms with E-state index in [1.807, 2.05) is 30.3 Å². The van der Waals surface area contributed by atoms with E-state index in [0.29, 0.717) is 10.8 Å². The zero-order chi connectivity index (χ0) is 25.0. The topological polar surface area (TPSA) is 9.23 Å². The van der Waals surface area contributed by atoms with E-state index in [4.69, 9.17) is 0 Å². The molecule has 0 bridgehead atoms. The van der Waals surface area contributed by atoms with Crippen LogP contribution in [0.15, 0.2) is 85.5 Å². The second-order valence-corrected chi connectivity index (χ2v) is 7.83. The van der Waals surface area contributed by atoms with Gasteiger partial charge in [0.1, 0.15) is 5.82 Å². The first kappa shape index (κ1) is 24.0. The number of hydrogen-bond donors (Lipinski definition) is 0.